The van der Waals surface area contributed by atoms with Gasteiger partial charge in [0.25, 0.3) is 0 Å². The molecule has 2 aliphatic rings. The van der Waals surface area contributed by atoms with E-state index in [1.807, 2.05) is 0 Å². The molecule has 5 heterocycles. The molecule has 8 bridgehead atoms. The average Bonchev–Trinajstić information content (AvgIpc) is 4.12. The molecule has 0 unspecified atom stereocenters. The van der Waals surface area contributed by atoms with Crippen LogP contribution in [-0.4, -0.2) is 33.8 Å². The van der Waals surface area contributed by atoms with Gasteiger partial charge >= 0.3 is 0 Å². The van der Waals surface area contributed by atoms with E-state index in [0.29, 0.717) is 0 Å². The lowest BCUT2D eigenvalue weighted by Crippen LogP contribution is -2.52. The number of aromatic nitrogens is 4. The largest absolute Gasteiger partial charge is 0.354 e. The van der Waals surface area contributed by atoms with Crippen molar-refractivity contribution in [2.75, 3.05) is 5.06 Å². The number of anilines is 1. The molecule has 7 heteroatoms. The van der Waals surface area contributed by atoms with Crippen molar-refractivity contribution in [3.63, 3.8) is 0 Å². The summed E-state index contributed by atoms with van der Waals surface area (Å²) in [6, 6.07) is 31.1. The zero-order valence-electron chi connectivity index (χ0n) is 45.6. The van der Waals surface area contributed by atoms with Crippen LogP contribution in [0.25, 0.3) is 79.8 Å². The Balaban J connectivity index is 1.37. The SMILES string of the molecule is Cc1cc(C)c(-c2c3nc(c(C#Cc4ccc(N(O[Si](C)(C)C(C)(C)C)C(C)(C)C)cc4)c4nc(c(-c5c(C)cc(C)cc5C)c5ccc([nH]5)c(-c5c(C)cc(C)cc5C)c5ccc2[nH]5)C=C4)C=C3)c(C)c1. The van der Waals surface area contributed by atoms with Crippen LogP contribution in [0.2, 0.25) is 18.1 Å². The fraction of sp³-hybridized carbons (Fsp3) is 0.292. The Morgan fingerprint density at radius 1 is 0.444 bits per heavy atom. The zero-order valence-corrected chi connectivity index (χ0v) is 46.6. The molecule has 0 fully saturated rings. The monoisotopic (exact) mass is 966 g/mol. The predicted molar refractivity (Wildman–Crippen MR) is 311 cm³/mol. The summed E-state index contributed by atoms with van der Waals surface area (Å²) in [5, 5.41) is 2.15. The lowest BCUT2D eigenvalue weighted by Gasteiger charge is -2.45. The summed E-state index contributed by atoms with van der Waals surface area (Å²) < 4.78 is 6.96. The van der Waals surface area contributed by atoms with Crippen molar-refractivity contribution in [1.82, 2.24) is 19.9 Å². The summed E-state index contributed by atoms with van der Waals surface area (Å²) >= 11 is 0. The number of nitrogens with zero attached hydrogens (tertiary/aromatic N) is 3. The third kappa shape index (κ3) is 9.47. The minimum Gasteiger partial charge on any atom is -0.354 e. The standard InChI is InChI=1S/C65H71N5OSi/c1-38-32-41(4)58(42(5)33-38)61-52-26-24-50(66-52)49(23-20-47-18-21-48(22-19-47)70(64(10,11)12)71-72(16,17)65(13,14)15)51-25-27-53(67-51)62(59-43(6)34-39(2)35-44(59)7)55-29-31-57(69-55)63(56-30-28-54(61)68-56)60-45(8)36-40(3)37-46(60)9/h18-19,21-22,24-37,68-69H,1-17H3. The Bertz CT molecular complexity index is 3420. The minimum atomic E-state index is -2.14. The predicted octanol–water partition coefficient (Wildman–Crippen LogP) is 17.4. The van der Waals surface area contributed by atoms with E-state index in [9.17, 15) is 0 Å². The molecular formula is C65H71N5OSi. The van der Waals surface area contributed by atoms with Crippen LogP contribution >= 0.6 is 0 Å². The smallest absolute Gasteiger partial charge is 0.228 e. The maximum Gasteiger partial charge on any atom is 0.228 e. The Labute approximate surface area is 429 Å². The van der Waals surface area contributed by atoms with E-state index in [0.717, 1.165) is 89.5 Å². The van der Waals surface area contributed by atoms with Gasteiger partial charge < -0.3 is 14.5 Å². The van der Waals surface area contributed by atoms with Crippen molar-refractivity contribution in [2.45, 2.75) is 128 Å². The molecule has 4 aromatic carbocycles. The van der Waals surface area contributed by atoms with E-state index in [2.05, 4.69) is 253 Å². The topological polar surface area (TPSA) is 69.8 Å². The number of hydroxylamine groups is 1. The van der Waals surface area contributed by atoms with E-state index in [1.165, 1.54) is 55.6 Å². The quantitative estimate of drug-likeness (QED) is 0.0990. The van der Waals surface area contributed by atoms with E-state index in [-0.39, 0.29) is 10.6 Å². The van der Waals surface area contributed by atoms with Gasteiger partial charge in [-0.3, -0.25) is 5.06 Å². The van der Waals surface area contributed by atoms with Gasteiger partial charge in [-0.2, -0.15) is 0 Å². The Morgan fingerprint density at radius 2 is 0.792 bits per heavy atom. The molecule has 0 saturated heterocycles. The van der Waals surface area contributed by atoms with Crippen molar-refractivity contribution < 1.29 is 4.53 Å². The van der Waals surface area contributed by atoms with Gasteiger partial charge in [0.2, 0.25) is 8.32 Å². The third-order valence-corrected chi connectivity index (χ3v) is 19.0. The van der Waals surface area contributed by atoms with Crippen molar-refractivity contribution in [3.8, 4) is 45.2 Å². The van der Waals surface area contributed by atoms with Gasteiger partial charge in [0, 0.05) is 44.3 Å². The number of aromatic amines is 2. The summed E-state index contributed by atoms with van der Waals surface area (Å²) in [6.07, 6.45) is 8.53. The van der Waals surface area contributed by atoms with Gasteiger partial charge in [-0.15, -0.1) is 0 Å². The first kappa shape index (κ1) is 50.0. The third-order valence-electron chi connectivity index (χ3n) is 14.7. The number of rotatable bonds is 6. The highest BCUT2D eigenvalue weighted by atomic mass is 28.4. The van der Waals surface area contributed by atoms with Gasteiger partial charge in [0.05, 0.1) is 39.6 Å². The fourth-order valence-electron chi connectivity index (χ4n) is 10.6. The second kappa shape index (κ2) is 18.6. The molecule has 72 heavy (non-hydrogen) atoms. The Kier molecular flexibility index (Phi) is 12.9. The molecule has 2 aliphatic heterocycles. The van der Waals surface area contributed by atoms with Gasteiger partial charge in [0.15, 0.2) is 0 Å². The van der Waals surface area contributed by atoms with Gasteiger partial charge in [-0.05, 0) is 224 Å². The molecule has 3 aromatic heterocycles. The molecule has 0 atom stereocenters. The molecule has 0 amide bonds. The second-order valence-electron chi connectivity index (χ2n) is 22.9. The highest BCUT2D eigenvalue weighted by Gasteiger charge is 2.42. The molecule has 7 aromatic rings. The minimum absolute atomic E-state index is 0.0523. The molecule has 6 nitrogen and oxygen atoms in total. The van der Waals surface area contributed by atoms with Crippen LogP contribution in [0, 0.1) is 74.2 Å². The number of hydrogen-bond donors (Lipinski definition) is 2. The maximum absolute atomic E-state index is 6.96. The molecule has 9 rings (SSSR count). The normalized spacial score (nSPS) is 12.6. The summed E-state index contributed by atoms with van der Waals surface area (Å²) in [4.78, 5) is 19.1. The highest BCUT2D eigenvalue weighted by molar-refractivity contribution is 6.74. The summed E-state index contributed by atoms with van der Waals surface area (Å²) in [6.45, 7) is 37.8. The number of benzene rings is 4. The molecule has 2 N–H and O–H groups in total. The van der Waals surface area contributed by atoms with Crippen molar-refractivity contribution in [1.29, 1.82) is 0 Å². The van der Waals surface area contributed by atoms with Gasteiger partial charge in [-0.25, -0.2) is 9.97 Å². The molecule has 0 saturated carbocycles. The van der Waals surface area contributed by atoms with Crippen LogP contribution in [0.3, 0.4) is 0 Å². The summed E-state index contributed by atoms with van der Waals surface area (Å²) in [7, 11) is -2.14. The summed E-state index contributed by atoms with van der Waals surface area (Å²) in [5.41, 5.74) is 27.3. The zero-order chi connectivity index (χ0) is 51.8. The van der Waals surface area contributed by atoms with Crippen LogP contribution in [0.4, 0.5) is 5.69 Å². The number of H-pyrrole nitrogens is 2. The lowest BCUT2D eigenvalue weighted by molar-refractivity contribution is 0.185. The van der Waals surface area contributed by atoms with Crippen molar-refractivity contribution >= 4 is 60.4 Å². The molecule has 0 aliphatic carbocycles. The first-order chi connectivity index (χ1) is 33.9. The van der Waals surface area contributed by atoms with E-state index in [1.54, 1.807) is 0 Å². The second-order valence-corrected chi connectivity index (χ2v) is 27.6. The van der Waals surface area contributed by atoms with Crippen LogP contribution in [0.5, 0.6) is 0 Å². The molecule has 0 radical (unpaired) electrons. The van der Waals surface area contributed by atoms with Crippen LogP contribution in [0.15, 0.2) is 84.9 Å². The van der Waals surface area contributed by atoms with Crippen molar-refractivity contribution in [2.24, 2.45) is 0 Å². The first-order valence-corrected chi connectivity index (χ1v) is 28.3. The van der Waals surface area contributed by atoms with Crippen LogP contribution < -0.4 is 5.06 Å². The lowest BCUT2D eigenvalue weighted by atomic mass is 9.92. The van der Waals surface area contributed by atoms with Gasteiger partial charge in [0.1, 0.15) is 0 Å². The van der Waals surface area contributed by atoms with E-state index >= 15 is 0 Å². The number of nitrogens with one attached hydrogen (secondary N) is 2. The van der Waals surface area contributed by atoms with Crippen molar-refractivity contribution in [3.05, 3.63) is 169 Å². The summed E-state index contributed by atoms with van der Waals surface area (Å²) in [5.74, 6) is 7.21. The first-order valence-electron chi connectivity index (χ1n) is 25.4. The van der Waals surface area contributed by atoms with Crippen LogP contribution in [0.1, 0.15) is 126 Å². The molecule has 0 spiro atoms. The van der Waals surface area contributed by atoms with E-state index < -0.39 is 8.32 Å². The Morgan fingerprint density at radius 3 is 1.15 bits per heavy atom. The number of aryl methyl sites for hydroxylation is 9. The number of fused-ring (bicyclic) bond motifs is 8. The molecular weight excluding hydrogens is 895 g/mol. The van der Waals surface area contributed by atoms with Crippen LogP contribution in [-0.2, 0) is 4.53 Å². The molecule has 366 valence electrons. The van der Waals surface area contributed by atoms with Gasteiger partial charge in [-0.1, -0.05) is 85.7 Å². The Hall–Kier alpha value is -6.98. The maximum atomic E-state index is 6.96. The van der Waals surface area contributed by atoms with E-state index in [4.69, 9.17) is 14.5 Å². The fourth-order valence-corrected chi connectivity index (χ4v) is 11.7. The highest BCUT2D eigenvalue weighted by Crippen LogP contribution is 2.42. The average molecular weight is 966 g/mol. The number of hydrogen-bond acceptors (Lipinski definition) is 4.